The van der Waals surface area contributed by atoms with Crippen LogP contribution in [0.4, 0.5) is 27.6 Å². The molecule has 2 heterocycles. The molecule has 2 N–H and O–H groups in total. The summed E-state index contributed by atoms with van der Waals surface area (Å²) in [5.41, 5.74) is 1.92. The van der Waals surface area contributed by atoms with Crippen molar-refractivity contribution in [1.29, 1.82) is 0 Å². The normalized spacial score (nSPS) is 18.2. The molecular formula is C23H22F5N3O. The topological polar surface area (TPSA) is 48.1 Å². The lowest BCUT2D eigenvalue weighted by atomic mass is 9.86. The highest BCUT2D eigenvalue weighted by molar-refractivity contribution is 6.06. The number of hydrogen-bond donors (Lipinski definition) is 2. The van der Waals surface area contributed by atoms with Crippen molar-refractivity contribution in [3.63, 3.8) is 0 Å². The Hall–Kier alpha value is -2.94. The molecule has 9 heteroatoms. The zero-order valence-corrected chi connectivity index (χ0v) is 17.3. The summed E-state index contributed by atoms with van der Waals surface area (Å²) in [5, 5.41) is 3.23. The molecule has 2 atom stereocenters. The van der Waals surface area contributed by atoms with E-state index in [1.807, 2.05) is 25.1 Å². The number of aromatic nitrogens is 1. The number of fused-ring (bicyclic) bond motifs is 1. The first kappa shape index (κ1) is 22.3. The number of nitrogens with zero attached hydrogens (tertiary/aromatic N) is 1. The van der Waals surface area contributed by atoms with E-state index in [0.29, 0.717) is 31.1 Å². The molecule has 0 saturated carbocycles. The van der Waals surface area contributed by atoms with Gasteiger partial charge in [-0.2, -0.15) is 13.2 Å². The van der Waals surface area contributed by atoms with Crippen LogP contribution < -0.4 is 5.32 Å². The summed E-state index contributed by atoms with van der Waals surface area (Å²) < 4.78 is 64.7. The number of H-pyrrole nitrogens is 1. The number of aromatic amines is 1. The van der Waals surface area contributed by atoms with Crippen LogP contribution in [0.15, 0.2) is 42.5 Å². The van der Waals surface area contributed by atoms with Crippen molar-refractivity contribution >= 4 is 22.5 Å². The fraction of sp³-hybridized carbons (Fsp3) is 0.348. The van der Waals surface area contributed by atoms with Gasteiger partial charge in [-0.3, -0.25) is 9.69 Å². The number of alkyl halides is 3. The smallest absolute Gasteiger partial charge is 0.351 e. The highest BCUT2D eigenvalue weighted by Crippen LogP contribution is 2.34. The molecular weight excluding hydrogens is 429 g/mol. The second-order valence-electron chi connectivity index (χ2n) is 8.33. The number of hydrogen-bond acceptors (Lipinski definition) is 2. The van der Waals surface area contributed by atoms with E-state index in [1.165, 1.54) is 4.90 Å². The number of nitrogens with one attached hydrogen (secondary N) is 2. The molecule has 0 spiro atoms. The highest BCUT2D eigenvalue weighted by Gasteiger charge is 2.36. The maximum absolute atomic E-state index is 13.3. The molecule has 0 radical (unpaired) electrons. The van der Waals surface area contributed by atoms with Crippen LogP contribution in [0, 0.1) is 17.6 Å². The van der Waals surface area contributed by atoms with Gasteiger partial charge in [0, 0.05) is 29.2 Å². The summed E-state index contributed by atoms with van der Waals surface area (Å²) in [7, 11) is 0. The molecule has 1 fully saturated rings. The van der Waals surface area contributed by atoms with Crippen molar-refractivity contribution in [3.05, 3.63) is 65.4 Å². The second kappa shape index (κ2) is 8.54. The van der Waals surface area contributed by atoms with Crippen LogP contribution in [0.3, 0.4) is 0 Å². The van der Waals surface area contributed by atoms with E-state index in [-0.39, 0.29) is 23.2 Å². The summed E-state index contributed by atoms with van der Waals surface area (Å²) in [6.45, 7) is 1.93. The lowest BCUT2D eigenvalue weighted by Gasteiger charge is -2.21. The fourth-order valence-corrected chi connectivity index (χ4v) is 4.32. The Balaban J connectivity index is 1.47. The quantitative estimate of drug-likeness (QED) is 0.490. The molecule has 0 bridgehead atoms. The second-order valence-corrected chi connectivity index (χ2v) is 8.33. The zero-order chi connectivity index (χ0) is 23.0. The van der Waals surface area contributed by atoms with E-state index in [2.05, 4.69) is 10.3 Å². The van der Waals surface area contributed by atoms with Gasteiger partial charge in [-0.25, -0.2) is 8.78 Å². The first-order valence-corrected chi connectivity index (χ1v) is 10.3. The molecule has 4 rings (SSSR count). The first-order valence-electron chi connectivity index (χ1n) is 10.3. The van der Waals surface area contributed by atoms with Gasteiger partial charge in [0.15, 0.2) is 0 Å². The van der Waals surface area contributed by atoms with Crippen LogP contribution in [-0.2, 0) is 0 Å². The first-order chi connectivity index (χ1) is 15.1. The van der Waals surface area contributed by atoms with Gasteiger partial charge in [0.25, 0.3) is 5.91 Å². The Morgan fingerprint density at radius 2 is 1.88 bits per heavy atom. The molecule has 1 amide bonds. The Kier molecular flexibility index (Phi) is 5.94. The summed E-state index contributed by atoms with van der Waals surface area (Å²) >= 11 is 0. The number of rotatable bonds is 5. The van der Waals surface area contributed by atoms with E-state index in [1.54, 1.807) is 6.07 Å². The van der Waals surface area contributed by atoms with Crippen LogP contribution in [-0.4, -0.2) is 41.6 Å². The minimum Gasteiger partial charge on any atom is -0.351 e. The Bertz CT molecular complexity index is 1120. The van der Waals surface area contributed by atoms with Crippen molar-refractivity contribution in [2.24, 2.45) is 5.92 Å². The van der Waals surface area contributed by atoms with E-state index < -0.39 is 30.3 Å². The van der Waals surface area contributed by atoms with Gasteiger partial charge < -0.3 is 10.3 Å². The van der Waals surface area contributed by atoms with E-state index in [4.69, 9.17) is 0 Å². The lowest BCUT2D eigenvalue weighted by Crippen LogP contribution is -2.32. The fourth-order valence-electron chi connectivity index (χ4n) is 4.32. The molecule has 1 aliphatic heterocycles. The molecule has 4 nitrogen and oxygen atoms in total. The third-order valence-electron chi connectivity index (χ3n) is 5.95. The van der Waals surface area contributed by atoms with Gasteiger partial charge in [0.1, 0.15) is 17.3 Å². The standard InChI is InChI=1S/C23H22F5N3O/c1-13(15-4-5-31(11-15)12-23(26,27)28)14-2-3-20-16(6-14)7-21(30-20)22(32)29-19-9-17(24)8-18(25)10-19/h2-3,6-10,13,15,30H,4-5,11-12H2,1H3,(H,29,32)/t13-,15?/m0/s1. The average Bonchev–Trinajstić information content (AvgIpc) is 3.31. The Labute approximate surface area is 181 Å². The number of carbonyl (C=O) groups is 1. The summed E-state index contributed by atoms with van der Waals surface area (Å²) in [6.07, 6.45) is -3.50. The van der Waals surface area contributed by atoms with Gasteiger partial charge in [-0.15, -0.1) is 0 Å². The van der Waals surface area contributed by atoms with Gasteiger partial charge in [0.05, 0.1) is 6.54 Å². The summed E-state index contributed by atoms with van der Waals surface area (Å²) in [5.74, 6) is -1.97. The number of amides is 1. The highest BCUT2D eigenvalue weighted by atomic mass is 19.4. The minimum absolute atomic E-state index is 0.00473. The van der Waals surface area contributed by atoms with Crippen molar-refractivity contribution in [3.8, 4) is 0 Å². The van der Waals surface area contributed by atoms with E-state index in [0.717, 1.165) is 23.1 Å². The monoisotopic (exact) mass is 451 g/mol. The van der Waals surface area contributed by atoms with Crippen molar-refractivity contribution in [2.45, 2.75) is 25.4 Å². The molecule has 1 saturated heterocycles. The SMILES string of the molecule is C[C@@H](c1ccc2[nH]c(C(=O)Nc3cc(F)cc(F)c3)cc2c1)C1CCN(CC(F)(F)F)C1. The zero-order valence-electron chi connectivity index (χ0n) is 17.3. The molecule has 2 aromatic carbocycles. The number of likely N-dealkylation sites (tertiary alicyclic amines) is 1. The van der Waals surface area contributed by atoms with Gasteiger partial charge in [0.2, 0.25) is 0 Å². The van der Waals surface area contributed by atoms with E-state index in [9.17, 15) is 26.7 Å². The third kappa shape index (κ3) is 5.09. The van der Waals surface area contributed by atoms with Gasteiger partial charge >= 0.3 is 6.18 Å². The van der Waals surface area contributed by atoms with Crippen molar-refractivity contribution in [2.75, 3.05) is 25.0 Å². The van der Waals surface area contributed by atoms with Crippen LogP contribution in [0.1, 0.15) is 35.3 Å². The number of carbonyl (C=O) groups excluding carboxylic acids is 1. The number of benzene rings is 2. The third-order valence-corrected chi connectivity index (χ3v) is 5.95. The molecule has 0 aliphatic carbocycles. The predicted octanol–water partition coefficient (Wildman–Crippen LogP) is 5.69. The molecule has 1 aliphatic rings. The molecule has 1 aromatic heterocycles. The van der Waals surface area contributed by atoms with Crippen LogP contribution >= 0.6 is 0 Å². The Morgan fingerprint density at radius 3 is 2.56 bits per heavy atom. The molecule has 170 valence electrons. The number of anilines is 1. The van der Waals surface area contributed by atoms with Crippen LogP contribution in [0.2, 0.25) is 0 Å². The van der Waals surface area contributed by atoms with Crippen LogP contribution in [0.5, 0.6) is 0 Å². The van der Waals surface area contributed by atoms with E-state index >= 15 is 0 Å². The summed E-state index contributed by atoms with van der Waals surface area (Å²) in [4.78, 5) is 16.9. The van der Waals surface area contributed by atoms with Crippen molar-refractivity contribution < 1.29 is 26.7 Å². The largest absolute Gasteiger partial charge is 0.401 e. The minimum atomic E-state index is -4.20. The Morgan fingerprint density at radius 1 is 1.16 bits per heavy atom. The van der Waals surface area contributed by atoms with Gasteiger partial charge in [-0.05, 0) is 60.7 Å². The lowest BCUT2D eigenvalue weighted by molar-refractivity contribution is -0.143. The average molecular weight is 451 g/mol. The molecule has 3 aromatic rings. The maximum atomic E-state index is 13.3. The molecule has 1 unspecified atom stereocenters. The summed E-state index contributed by atoms with van der Waals surface area (Å²) in [6, 6.07) is 10.0. The van der Waals surface area contributed by atoms with Crippen LogP contribution in [0.25, 0.3) is 10.9 Å². The predicted molar refractivity (Wildman–Crippen MR) is 112 cm³/mol. The van der Waals surface area contributed by atoms with Crippen molar-refractivity contribution in [1.82, 2.24) is 9.88 Å². The number of halogens is 5. The maximum Gasteiger partial charge on any atom is 0.401 e. The van der Waals surface area contributed by atoms with Gasteiger partial charge in [-0.1, -0.05) is 13.0 Å². The molecule has 32 heavy (non-hydrogen) atoms.